The van der Waals surface area contributed by atoms with Gasteiger partial charge in [-0.05, 0) is 0 Å². The molecule has 1 aromatic heterocycles. The molecule has 0 unspecified atom stereocenters. The molecule has 3 nitrogen and oxygen atoms in total. The number of nitrogens with one attached hydrogen (secondary N) is 1. The number of aromatic nitrogens is 2. The Hall–Kier alpha value is -1.30. The Morgan fingerprint density at radius 2 is 2.86 bits per heavy atom. The third kappa shape index (κ3) is 0.578. The van der Waals surface area contributed by atoms with Crippen LogP contribution in [0, 0.1) is 17.5 Å². The highest BCUT2D eigenvalue weighted by Crippen LogP contribution is 1.78. The first-order chi connectivity index (χ1) is 3.43. The van der Waals surface area contributed by atoms with E-state index >= 15 is 0 Å². The summed E-state index contributed by atoms with van der Waals surface area (Å²) in [5.41, 5.74) is 0. The largest absolute Gasteiger partial charge is 0.328 e. The summed E-state index contributed by atoms with van der Waals surface area (Å²) < 4.78 is 0. The lowest BCUT2D eigenvalue weighted by molar-refractivity contribution is 1.22. The summed E-state index contributed by atoms with van der Waals surface area (Å²) in [6.45, 7) is 0. The van der Waals surface area contributed by atoms with Crippen LogP contribution in [-0.4, -0.2) is 9.97 Å². The molecule has 0 aromatic carbocycles. The molecule has 0 fully saturated rings. The van der Waals surface area contributed by atoms with Crippen molar-refractivity contribution in [2.24, 2.45) is 0 Å². The lowest BCUT2D eigenvalue weighted by Crippen LogP contribution is -1.70. The maximum absolute atomic E-state index is 8.06. The number of hydrogen-bond acceptors (Lipinski definition) is 2. The normalized spacial score (nSPS) is 7.86. The van der Waals surface area contributed by atoms with E-state index in [4.69, 9.17) is 5.26 Å². The van der Waals surface area contributed by atoms with E-state index in [1.54, 1.807) is 0 Å². The third-order valence-corrected chi connectivity index (χ3v) is 0.555. The molecule has 1 N–H and O–H groups in total. The van der Waals surface area contributed by atoms with Crippen molar-refractivity contribution in [1.82, 2.24) is 9.97 Å². The molecule has 0 saturated carbocycles. The molecule has 0 aliphatic heterocycles. The zero-order chi connectivity index (χ0) is 5.11. The van der Waals surface area contributed by atoms with Crippen LogP contribution in [0.25, 0.3) is 0 Å². The summed E-state index contributed by atoms with van der Waals surface area (Å²) in [7, 11) is 0. The van der Waals surface area contributed by atoms with Gasteiger partial charge >= 0.3 is 0 Å². The van der Waals surface area contributed by atoms with Crippen LogP contribution < -0.4 is 0 Å². The predicted molar refractivity (Wildman–Crippen MR) is 22.1 cm³/mol. The van der Waals surface area contributed by atoms with E-state index in [1.807, 2.05) is 6.07 Å². The molecular formula is C4H2N3. The molecule has 7 heavy (non-hydrogen) atoms. The summed E-state index contributed by atoms with van der Waals surface area (Å²) in [5, 5.41) is 8.06. The predicted octanol–water partition coefficient (Wildman–Crippen LogP) is 0.0816. The van der Waals surface area contributed by atoms with Gasteiger partial charge in [0.2, 0.25) is 5.82 Å². The fourth-order valence-corrected chi connectivity index (χ4v) is 0.287. The van der Waals surface area contributed by atoms with Gasteiger partial charge in [0.1, 0.15) is 6.07 Å². The quantitative estimate of drug-likeness (QED) is 0.492. The third-order valence-electron chi connectivity index (χ3n) is 0.555. The van der Waals surface area contributed by atoms with Crippen molar-refractivity contribution in [3.63, 3.8) is 0 Å². The molecule has 1 heterocycles. The molecule has 0 bridgehead atoms. The monoisotopic (exact) mass is 92.0 g/mol. The molecule has 33 valence electrons. The van der Waals surface area contributed by atoms with Gasteiger partial charge in [-0.3, -0.25) is 0 Å². The van der Waals surface area contributed by atoms with E-state index in [1.165, 1.54) is 6.20 Å². The molecule has 0 saturated heterocycles. The fraction of sp³-hybridized carbons (Fsp3) is 0. The second-order valence-corrected chi connectivity index (χ2v) is 0.988. The Morgan fingerprint density at radius 1 is 2.00 bits per heavy atom. The minimum atomic E-state index is 0.306. The van der Waals surface area contributed by atoms with Crippen molar-refractivity contribution in [1.29, 1.82) is 5.26 Å². The van der Waals surface area contributed by atoms with E-state index in [-0.39, 0.29) is 0 Å². The van der Waals surface area contributed by atoms with Gasteiger partial charge in [0.15, 0.2) is 0 Å². The first-order valence-corrected chi connectivity index (χ1v) is 1.74. The Labute approximate surface area is 40.6 Å². The molecule has 0 spiro atoms. The van der Waals surface area contributed by atoms with Gasteiger partial charge in [-0.25, -0.2) is 4.98 Å². The second-order valence-electron chi connectivity index (χ2n) is 0.988. The van der Waals surface area contributed by atoms with Crippen molar-refractivity contribution < 1.29 is 0 Å². The van der Waals surface area contributed by atoms with Crippen LogP contribution in [0.4, 0.5) is 0 Å². The van der Waals surface area contributed by atoms with Crippen molar-refractivity contribution in [3.8, 4) is 6.07 Å². The van der Waals surface area contributed by atoms with E-state index in [9.17, 15) is 0 Å². The minimum Gasteiger partial charge on any atom is -0.328 e. The summed E-state index contributed by atoms with van der Waals surface area (Å²) in [4.78, 5) is 6.05. The van der Waals surface area contributed by atoms with Crippen LogP contribution in [0.5, 0.6) is 0 Å². The SMILES string of the molecule is N#Cc1nc[c][nH]1. The summed E-state index contributed by atoms with van der Waals surface area (Å²) in [6.07, 6.45) is 3.94. The second kappa shape index (κ2) is 1.43. The highest BCUT2D eigenvalue weighted by Gasteiger charge is 1.83. The number of rotatable bonds is 0. The minimum absolute atomic E-state index is 0.306. The molecule has 0 amide bonds. The molecular weight excluding hydrogens is 90.1 g/mol. The maximum atomic E-state index is 8.06. The summed E-state index contributed by atoms with van der Waals surface area (Å²) in [5.74, 6) is 0.306. The van der Waals surface area contributed by atoms with Crippen LogP contribution in [0.1, 0.15) is 5.82 Å². The first-order valence-electron chi connectivity index (χ1n) is 1.74. The number of imidazole rings is 1. The van der Waals surface area contributed by atoms with Gasteiger partial charge < -0.3 is 4.98 Å². The van der Waals surface area contributed by atoms with Crippen molar-refractivity contribution in [2.45, 2.75) is 0 Å². The topological polar surface area (TPSA) is 52.5 Å². The zero-order valence-corrected chi connectivity index (χ0v) is 3.47. The standard InChI is InChI=1S/C4H2N3/c5-3-4-6-1-2-7-4/h1H,(H,6,7). The Morgan fingerprint density at radius 3 is 3.14 bits per heavy atom. The lowest BCUT2D eigenvalue weighted by atomic mass is 10.7. The van der Waals surface area contributed by atoms with Gasteiger partial charge in [-0.2, -0.15) is 5.26 Å². The average molecular weight is 92.1 g/mol. The smallest absolute Gasteiger partial charge is 0.210 e. The van der Waals surface area contributed by atoms with Crippen molar-refractivity contribution >= 4 is 0 Å². The fourth-order valence-electron chi connectivity index (χ4n) is 0.287. The van der Waals surface area contributed by atoms with E-state index in [0.29, 0.717) is 5.82 Å². The Balaban J connectivity index is 3.04. The molecule has 1 radical (unpaired) electrons. The zero-order valence-electron chi connectivity index (χ0n) is 3.47. The molecule has 0 aliphatic carbocycles. The molecule has 1 aromatic rings. The highest BCUT2D eigenvalue weighted by molar-refractivity contribution is 5.06. The number of H-pyrrole nitrogens is 1. The summed E-state index contributed by atoms with van der Waals surface area (Å²) in [6, 6.07) is 1.81. The van der Waals surface area contributed by atoms with Crippen LogP contribution in [0.3, 0.4) is 0 Å². The number of nitriles is 1. The van der Waals surface area contributed by atoms with Gasteiger partial charge in [0, 0.05) is 0 Å². The van der Waals surface area contributed by atoms with E-state index in [0.717, 1.165) is 0 Å². The number of aromatic amines is 1. The van der Waals surface area contributed by atoms with Gasteiger partial charge in [0.05, 0.1) is 12.4 Å². The summed E-state index contributed by atoms with van der Waals surface area (Å²) >= 11 is 0. The Bertz CT molecular complexity index is 169. The number of nitrogens with zero attached hydrogens (tertiary/aromatic N) is 2. The maximum Gasteiger partial charge on any atom is 0.210 e. The average Bonchev–Trinajstić information content (AvgIpc) is 2.14. The van der Waals surface area contributed by atoms with Gasteiger partial charge in [-0.15, -0.1) is 0 Å². The van der Waals surface area contributed by atoms with E-state index in [2.05, 4.69) is 16.2 Å². The van der Waals surface area contributed by atoms with Crippen LogP contribution in [0.2, 0.25) is 0 Å². The first kappa shape index (κ1) is 3.88. The van der Waals surface area contributed by atoms with Crippen LogP contribution in [-0.2, 0) is 0 Å². The molecule has 0 aliphatic rings. The van der Waals surface area contributed by atoms with Crippen LogP contribution >= 0.6 is 0 Å². The van der Waals surface area contributed by atoms with Crippen molar-refractivity contribution in [2.75, 3.05) is 0 Å². The lowest BCUT2D eigenvalue weighted by Gasteiger charge is -1.64. The highest BCUT2D eigenvalue weighted by atomic mass is 14.9. The molecule has 3 heteroatoms. The Kier molecular flexibility index (Phi) is 0.794. The number of hydrogen-bond donors (Lipinski definition) is 1. The van der Waals surface area contributed by atoms with Gasteiger partial charge in [-0.1, -0.05) is 0 Å². The van der Waals surface area contributed by atoms with Gasteiger partial charge in [0.25, 0.3) is 0 Å². The van der Waals surface area contributed by atoms with Crippen molar-refractivity contribution in [3.05, 3.63) is 18.2 Å². The van der Waals surface area contributed by atoms with Crippen LogP contribution in [0.15, 0.2) is 6.20 Å². The molecule has 0 atom stereocenters. The van der Waals surface area contributed by atoms with E-state index < -0.39 is 0 Å². The molecule has 1 rings (SSSR count).